The number of ether oxygens (including phenoxy) is 1. The van der Waals surface area contributed by atoms with Crippen LogP contribution in [0.4, 0.5) is 14.5 Å². The Morgan fingerprint density at radius 1 is 1.04 bits per heavy atom. The van der Waals surface area contributed by atoms with Gasteiger partial charge in [0.25, 0.3) is 5.91 Å². The summed E-state index contributed by atoms with van der Waals surface area (Å²) in [5, 5.41) is 3.14. The second-order valence-electron chi connectivity index (χ2n) is 5.29. The van der Waals surface area contributed by atoms with E-state index in [0.717, 1.165) is 0 Å². The molecule has 0 aliphatic heterocycles. The summed E-state index contributed by atoms with van der Waals surface area (Å²) in [6.07, 6.45) is 1.44. The van der Waals surface area contributed by atoms with Gasteiger partial charge in [0, 0.05) is 22.7 Å². The number of fused-ring (bicyclic) bond motifs is 1. The lowest BCUT2D eigenvalue weighted by molar-refractivity contribution is -0.0489. The number of nitrogens with zero attached hydrogens (tertiary/aromatic N) is 1. The number of halogens is 2. The van der Waals surface area contributed by atoms with Crippen molar-refractivity contribution in [1.29, 1.82) is 0 Å². The number of nitrogens with one attached hydrogen (secondary N) is 1. The maximum atomic E-state index is 12.5. The minimum absolute atomic E-state index is 0.0839. The molecule has 1 aromatic heterocycles. The number of carbonyl (C=O) groups is 2. The van der Waals surface area contributed by atoms with Crippen LogP contribution in [0, 0.1) is 0 Å². The van der Waals surface area contributed by atoms with E-state index in [4.69, 9.17) is 5.73 Å². The molecule has 0 fully saturated rings. The predicted octanol–water partition coefficient (Wildman–Crippen LogP) is 3.19. The second-order valence-corrected chi connectivity index (χ2v) is 5.29. The van der Waals surface area contributed by atoms with Crippen molar-refractivity contribution in [2.24, 2.45) is 5.73 Å². The standard InChI is InChI=1S/C18H13F2N3O3/c19-18(20)26-14-8-7-13(12-2-1-9-22-15(12)14)23-17(25)11-5-3-10(4-6-11)16(21)24/h1-9,18H,(H2,21,24)(H,23,25). The molecule has 0 radical (unpaired) electrons. The van der Waals surface area contributed by atoms with Crippen molar-refractivity contribution in [2.45, 2.75) is 6.61 Å². The zero-order chi connectivity index (χ0) is 18.7. The van der Waals surface area contributed by atoms with Gasteiger partial charge in [-0.3, -0.25) is 14.6 Å². The summed E-state index contributed by atoms with van der Waals surface area (Å²) in [7, 11) is 0. The molecule has 6 nitrogen and oxygen atoms in total. The highest BCUT2D eigenvalue weighted by atomic mass is 19.3. The first-order valence-electron chi connectivity index (χ1n) is 7.49. The van der Waals surface area contributed by atoms with Crippen LogP contribution in [0.5, 0.6) is 5.75 Å². The van der Waals surface area contributed by atoms with Crippen molar-refractivity contribution < 1.29 is 23.1 Å². The molecule has 1 heterocycles. The Bertz CT molecular complexity index is 975. The van der Waals surface area contributed by atoms with Gasteiger partial charge in [0.05, 0.1) is 5.69 Å². The van der Waals surface area contributed by atoms with Crippen molar-refractivity contribution in [3.05, 3.63) is 65.9 Å². The van der Waals surface area contributed by atoms with E-state index in [1.165, 1.54) is 42.6 Å². The minimum Gasteiger partial charge on any atom is -0.432 e. The SMILES string of the molecule is NC(=O)c1ccc(C(=O)Nc2ccc(OC(F)F)c3ncccc23)cc1. The van der Waals surface area contributed by atoms with Gasteiger partial charge in [-0.25, -0.2) is 0 Å². The molecule has 8 heteroatoms. The topological polar surface area (TPSA) is 94.3 Å². The highest BCUT2D eigenvalue weighted by Crippen LogP contribution is 2.31. The Hall–Kier alpha value is -3.55. The molecule has 132 valence electrons. The van der Waals surface area contributed by atoms with Gasteiger partial charge in [0.15, 0.2) is 5.75 Å². The lowest BCUT2D eigenvalue weighted by atomic mass is 10.1. The van der Waals surface area contributed by atoms with Gasteiger partial charge in [-0.2, -0.15) is 8.78 Å². The molecule has 3 rings (SSSR count). The molecule has 0 unspecified atom stereocenters. The number of hydrogen-bond acceptors (Lipinski definition) is 4. The fraction of sp³-hybridized carbons (Fsp3) is 0.0556. The molecule has 2 amide bonds. The Morgan fingerprint density at radius 2 is 1.73 bits per heavy atom. The van der Waals surface area contributed by atoms with Crippen LogP contribution >= 0.6 is 0 Å². The van der Waals surface area contributed by atoms with E-state index < -0.39 is 18.4 Å². The van der Waals surface area contributed by atoms with Crippen LogP contribution in [-0.2, 0) is 0 Å². The van der Waals surface area contributed by atoms with E-state index in [1.807, 2.05) is 0 Å². The van der Waals surface area contributed by atoms with Gasteiger partial charge >= 0.3 is 6.61 Å². The summed E-state index contributed by atoms with van der Waals surface area (Å²) >= 11 is 0. The number of nitrogens with two attached hydrogens (primary N) is 1. The molecule has 26 heavy (non-hydrogen) atoms. The molecular weight excluding hydrogens is 344 g/mol. The molecule has 0 spiro atoms. The van der Waals surface area contributed by atoms with E-state index in [-0.39, 0.29) is 16.8 Å². The summed E-state index contributed by atoms with van der Waals surface area (Å²) < 4.78 is 29.5. The van der Waals surface area contributed by atoms with Gasteiger partial charge in [0.2, 0.25) is 5.91 Å². The summed E-state index contributed by atoms with van der Waals surface area (Å²) in [5.41, 5.74) is 6.34. The molecule has 3 aromatic rings. The van der Waals surface area contributed by atoms with Crippen molar-refractivity contribution in [3.63, 3.8) is 0 Å². The van der Waals surface area contributed by atoms with Crippen LogP contribution in [0.15, 0.2) is 54.7 Å². The van der Waals surface area contributed by atoms with Gasteiger partial charge in [-0.15, -0.1) is 0 Å². The number of primary amides is 1. The molecule has 0 saturated heterocycles. The lowest BCUT2D eigenvalue weighted by Gasteiger charge is -2.12. The number of aromatic nitrogens is 1. The van der Waals surface area contributed by atoms with Crippen LogP contribution in [0.25, 0.3) is 10.9 Å². The fourth-order valence-corrected chi connectivity index (χ4v) is 2.43. The van der Waals surface area contributed by atoms with Crippen LogP contribution in [-0.4, -0.2) is 23.4 Å². The summed E-state index contributed by atoms with van der Waals surface area (Å²) in [6, 6.07) is 11.8. The normalized spacial score (nSPS) is 10.7. The smallest absolute Gasteiger partial charge is 0.387 e. The van der Waals surface area contributed by atoms with Gasteiger partial charge in [-0.05, 0) is 48.5 Å². The van der Waals surface area contributed by atoms with E-state index >= 15 is 0 Å². The highest BCUT2D eigenvalue weighted by Gasteiger charge is 2.14. The molecular formula is C18H13F2N3O3. The maximum absolute atomic E-state index is 12.5. The molecule has 0 saturated carbocycles. The number of benzene rings is 2. The largest absolute Gasteiger partial charge is 0.432 e. The average Bonchev–Trinajstić information content (AvgIpc) is 2.63. The molecule has 0 atom stereocenters. The number of alkyl halides is 2. The Labute approximate surface area is 146 Å². The van der Waals surface area contributed by atoms with Gasteiger partial charge in [-0.1, -0.05) is 0 Å². The fourth-order valence-electron chi connectivity index (χ4n) is 2.43. The number of hydrogen-bond donors (Lipinski definition) is 2. The third-order valence-corrected chi connectivity index (χ3v) is 3.63. The number of amides is 2. The summed E-state index contributed by atoms with van der Waals surface area (Å²) in [4.78, 5) is 27.5. The summed E-state index contributed by atoms with van der Waals surface area (Å²) in [5.74, 6) is -1.11. The molecule has 2 aromatic carbocycles. The van der Waals surface area contributed by atoms with Crippen molar-refractivity contribution >= 4 is 28.4 Å². The third-order valence-electron chi connectivity index (χ3n) is 3.63. The van der Waals surface area contributed by atoms with Crippen LogP contribution in [0.2, 0.25) is 0 Å². The molecule has 0 bridgehead atoms. The first-order valence-corrected chi connectivity index (χ1v) is 7.49. The number of rotatable bonds is 5. The Kier molecular flexibility index (Phi) is 4.74. The predicted molar refractivity (Wildman–Crippen MR) is 91.3 cm³/mol. The number of anilines is 1. The van der Waals surface area contributed by atoms with E-state index in [2.05, 4.69) is 15.0 Å². The van der Waals surface area contributed by atoms with E-state index in [9.17, 15) is 18.4 Å². The zero-order valence-corrected chi connectivity index (χ0v) is 13.3. The maximum Gasteiger partial charge on any atom is 0.387 e. The summed E-state index contributed by atoms with van der Waals surface area (Å²) in [6.45, 7) is -2.98. The van der Waals surface area contributed by atoms with E-state index in [0.29, 0.717) is 16.6 Å². The monoisotopic (exact) mass is 357 g/mol. The second kappa shape index (κ2) is 7.14. The third kappa shape index (κ3) is 3.59. The Morgan fingerprint density at radius 3 is 2.38 bits per heavy atom. The highest BCUT2D eigenvalue weighted by molar-refractivity contribution is 6.09. The number of pyridine rings is 1. The van der Waals surface area contributed by atoms with Crippen LogP contribution in [0.1, 0.15) is 20.7 Å². The van der Waals surface area contributed by atoms with Crippen molar-refractivity contribution in [1.82, 2.24) is 4.98 Å². The van der Waals surface area contributed by atoms with Crippen LogP contribution in [0.3, 0.4) is 0 Å². The first-order chi connectivity index (χ1) is 12.5. The Balaban J connectivity index is 1.91. The quantitative estimate of drug-likeness (QED) is 0.733. The molecule has 3 N–H and O–H groups in total. The van der Waals surface area contributed by atoms with Gasteiger partial charge in [0.1, 0.15) is 5.52 Å². The molecule has 0 aliphatic carbocycles. The zero-order valence-electron chi connectivity index (χ0n) is 13.3. The molecule has 0 aliphatic rings. The van der Waals surface area contributed by atoms with Gasteiger partial charge < -0.3 is 15.8 Å². The average molecular weight is 357 g/mol. The lowest BCUT2D eigenvalue weighted by Crippen LogP contribution is -2.14. The first kappa shape index (κ1) is 17.3. The minimum atomic E-state index is -2.98. The van der Waals surface area contributed by atoms with Crippen molar-refractivity contribution in [2.75, 3.05) is 5.32 Å². The number of carbonyl (C=O) groups excluding carboxylic acids is 2. The van der Waals surface area contributed by atoms with E-state index in [1.54, 1.807) is 12.1 Å². The van der Waals surface area contributed by atoms with Crippen LogP contribution < -0.4 is 15.8 Å². The van der Waals surface area contributed by atoms with Crippen molar-refractivity contribution in [3.8, 4) is 5.75 Å².